The topological polar surface area (TPSA) is 38.1 Å². The number of aromatic nitrogens is 2. The number of aryl methyl sites for hydroxylation is 1. The molecule has 0 radical (unpaired) electrons. The van der Waals surface area contributed by atoms with E-state index in [0.717, 1.165) is 24.2 Å². The third-order valence-electron chi connectivity index (χ3n) is 2.79. The van der Waals surface area contributed by atoms with Gasteiger partial charge in [-0.3, -0.25) is 9.48 Å². The Kier molecular flexibility index (Phi) is 3.24. The van der Waals surface area contributed by atoms with E-state index in [0.29, 0.717) is 5.52 Å². The maximum absolute atomic E-state index is 12.0. The first-order valence-corrected chi connectivity index (χ1v) is 5.71. The van der Waals surface area contributed by atoms with E-state index in [-0.39, 0.29) is 5.43 Å². The molecule has 4 heteroatoms. The molecule has 0 aliphatic carbocycles. The van der Waals surface area contributed by atoms with Crippen LogP contribution < -0.4 is 5.43 Å². The molecule has 0 saturated carbocycles. The van der Waals surface area contributed by atoms with E-state index in [1.165, 1.54) is 0 Å². The molecule has 1 heterocycles. The zero-order valence-electron chi connectivity index (χ0n) is 10.5. The average Bonchev–Trinajstić information content (AvgIpc) is 2.44. The lowest BCUT2D eigenvalue weighted by molar-refractivity contribution is 0.376. The van der Waals surface area contributed by atoms with Gasteiger partial charge in [0, 0.05) is 11.9 Å². The third kappa shape index (κ3) is 2.36. The molecule has 4 nitrogen and oxygen atoms in total. The highest BCUT2D eigenvalue weighted by Gasteiger charge is 2.08. The second-order valence-electron chi connectivity index (χ2n) is 4.46. The van der Waals surface area contributed by atoms with Gasteiger partial charge in [0.2, 0.25) is 5.43 Å². The molecule has 0 saturated heterocycles. The first-order valence-electron chi connectivity index (χ1n) is 5.71. The SMILES string of the molecule is Cc1nn(CCN(C)C)c2c(=O)ccccc12. The lowest BCUT2D eigenvalue weighted by atomic mass is 10.3. The number of hydrogen-bond donors (Lipinski definition) is 0. The first-order chi connectivity index (χ1) is 8.09. The van der Waals surface area contributed by atoms with E-state index >= 15 is 0 Å². The largest absolute Gasteiger partial charge is 0.308 e. The highest BCUT2D eigenvalue weighted by atomic mass is 16.1. The van der Waals surface area contributed by atoms with Crippen molar-refractivity contribution >= 4 is 10.9 Å². The van der Waals surface area contributed by atoms with Gasteiger partial charge in [-0.25, -0.2) is 0 Å². The molecule has 0 aliphatic heterocycles. The van der Waals surface area contributed by atoms with Crippen molar-refractivity contribution in [3.8, 4) is 0 Å². The second kappa shape index (κ2) is 4.67. The fourth-order valence-electron chi connectivity index (χ4n) is 1.88. The molecule has 0 amide bonds. The van der Waals surface area contributed by atoms with E-state index < -0.39 is 0 Å². The van der Waals surface area contributed by atoms with Crippen LogP contribution in [-0.4, -0.2) is 35.3 Å². The van der Waals surface area contributed by atoms with Gasteiger partial charge in [0.15, 0.2) is 0 Å². The summed E-state index contributed by atoms with van der Waals surface area (Å²) < 4.78 is 1.81. The van der Waals surface area contributed by atoms with Crippen molar-refractivity contribution in [2.75, 3.05) is 20.6 Å². The van der Waals surface area contributed by atoms with Gasteiger partial charge in [-0.2, -0.15) is 5.10 Å². The van der Waals surface area contributed by atoms with E-state index in [4.69, 9.17) is 0 Å². The van der Waals surface area contributed by atoms with Crippen molar-refractivity contribution in [2.24, 2.45) is 0 Å². The zero-order valence-corrected chi connectivity index (χ0v) is 10.5. The number of nitrogens with zero attached hydrogens (tertiary/aromatic N) is 3. The van der Waals surface area contributed by atoms with Crippen molar-refractivity contribution in [3.63, 3.8) is 0 Å². The molecule has 2 rings (SSSR count). The predicted octanol–water partition coefficient (Wildman–Crippen LogP) is 1.27. The third-order valence-corrected chi connectivity index (χ3v) is 2.79. The van der Waals surface area contributed by atoms with Crippen LogP contribution in [0.15, 0.2) is 29.1 Å². The molecule has 0 fully saturated rings. The molecule has 0 unspecified atom stereocenters. The Bertz CT molecular complexity index is 587. The van der Waals surface area contributed by atoms with Gasteiger partial charge in [0.05, 0.1) is 12.2 Å². The lowest BCUT2D eigenvalue weighted by Gasteiger charge is -2.09. The molecule has 0 atom stereocenters. The summed E-state index contributed by atoms with van der Waals surface area (Å²) in [5.41, 5.74) is 1.64. The number of likely N-dealkylation sites (N-methyl/N-ethyl adjacent to an activating group) is 1. The van der Waals surface area contributed by atoms with Crippen molar-refractivity contribution < 1.29 is 0 Å². The molecule has 17 heavy (non-hydrogen) atoms. The standard InChI is InChI=1S/C13H17N3O/c1-10-11-6-4-5-7-12(17)13(11)16(14-10)9-8-15(2)3/h4-7H,8-9H2,1-3H3. The van der Waals surface area contributed by atoms with Gasteiger partial charge in [0.25, 0.3) is 0 Å². The van der Waals surface area contributed by atoms with Crippen molar-refractivity contribution in [2.45, 2.75) is 13.5 Å². The highest BCUT2D eigenvalue weighted by Crippen LogP contribution is 2.13. The summed E-state index contributed by atoms with van der Waals surface area (Å²) in [5.74, 6) is 0. The molecule has 0 N–H and O–H groups in total. The predicted molar refractivity (Wildman–Crippen MR) is 69.3 cm³/mol. The highest BCUT2D eigenvalue weighted by molar-refractivity contribution is 5.80. The number of hydrogen-bond acceptors (Lipinski definition) is 3. The Hall–Kier alpha value is -1.68. The summed E-state index contributed by atoms with van der Waals surface area (Å²) >= 11 is 0. The normalized spacial score (nSPS) is 11.3. The molecule has 90 valence electrons. The lowest BCUT2D eigenvalue weighted by Crippen LogP contribution is -2.20. The van der Waals surface area contributed by atoms with Crippen molar-refractivity contribution in [3.05, 3.63) is 40.2 Å². The van der Waals surface area contributed by atoms with E-state index in [2.05, 4.69) is 10.00 Å². The Morgan fingerprint density at radius 2 is 2.00 bits per heavy atom. The summed E-state index contributed by atoms with van der Waals surface area (Å²) in [6, 6.07) is 7.20. The molecular formula is C13H17N3O. The maximum Gasteiger partial charge on any atom is 0.204 e. The zero-order chi connectivity index (χ0) is 12.4. The summed E-state index contributed by atoms with van der Waals surface area (Å²) in [6.45, 7) is 3.54. The summed E-state index contributed by atoms with van der Waals surface area (Å²) in [5, 5.41) is 5.38. The van der Waals surface area contributed by atoms with E-state index in [1.807, 2.05) is 37.8 Å². The van der Waals surface area contributed by atoms with Crippen LogP contribution in [0.4, 0.5) is 0 Å². The summed E-state index contributed by atoms with van der Waals surface area (Å²) in [4.78, 5) is 14.1. The molecule has 1 aromatic heterocycles. The molecule has 0 bridgehead atoms. The summed E-state index contributed by atoms with van der Waals surface area (Å²) in [6.07, 6.45) is 0. The summed E-state index contributed by atoms with van der Waals surface area (Å²) in [7, 11) is 4.02. The van der Waals surface area contributed by atoms with Crippen LogP contribution in [0.2, 0.25) is 0 Å². The first kappa shape index (κ1) is 11.8. The van der Waals surface area contributed by atoms with E-state index in [1.54, 1.807) is 12.1 Å². The van der Waals surface area contributed by atoms with Crippen LogP contribution >= 0.6 is 0 Å². The number of fused-ring (bicyclic) bond motifs is 1. The Balaban J connectivity index is 2.58. The Morgan fingerprint density at radius 1 is 1.29 bits per heavy atom. The fraction of sp³-hybridized carbons (Fsp3) is 0.385. The molecular weight excluding hydrogens is 214 g/mol. The van der Waals surface area contributed by atoms with Crippen LogP contribution in [0.5, 0.6) is 0 Å². The van der Waals surface area contributed by atoms with Gasteiger partial charge < -0.3 is 4.90 Å². The molecule has 2 aromatic rings. The van der Waals surface area contributed by atoms with E-state index in [9.17, 15) is 4.79 Å². The average molecular weight is 231 g/mol. The number of rotatable bonds is 3. The van der Waals surface area contributed by atoms with Crippen LogP contribution in [-0.2, 0) is 6.54 Å². The Labute approximate surface area is 100 Å². The smallest absolute Gasteiger partial charge is 0.204 e. The van der Waals surface area contributed by atoms with Gasteiger partial charge in [-0.15, -0.1) is 0 Å². The fourth-order valence-corrected chi connectivity index (χ4v) is 1.88. The second-order valence-corrected chi connectivity index (χ2v) is 4.46. The quantitative estimate of drug-likeness (QED) is 0.798. The van der Waals surface area contributed by atoms with Gasteiger partial charge in [-0.1, -0.05) is 18.2 Å². The maximum atomic E-state index is 12.0. The minimum absolute atomic E-state index is 0.0318. The van der Waals surface area contributed by atoms with Gasteiger partial charge in [0.1, 0.15) is 5.52 Å². The molecule has 0 spiro atoms. The van der Waals surface area contributed by atoms with Crippen LogP contribution in [0, 0.1) is 6.92 Å². The van der Waals surface area contributed by atoms with Gasteiger partial charge in [-0.05, 0) is 27.1 Å². The van der Waals surface area contributed by atoms with Crippen molar-refractivity contribution in [1.29, 1.82) is 0 Å². The minimum atomic E-state index is 0.0318. The molecule has 0 aliphatic rings. The molecule has 1 aromatic carbocycles. The Morgan fingerprint density at radius 3 is 2.71 bits per heavy atom. The monoisotopic (exact) mass is 231 g/mol. The van der Waals surface area contributed by atoms with Crippen molar-refractivity contribution in [1.82, 2.24) is 14.7 Å². The van der Waals surface area contributed by atoms with Crippen LogP contribution in [0.25, 0.3) is 10.9 Å². The van der Waals surface area contributed by atoms with Crippen LogP contribution in [0.1, 0.15) is 5.69 Å². The minimum Gasteiger partial charge on any atom is -0.308 e. The van der Waals surface area contributed by atoms with Gasteiger partial charge >= 0.3 is 0 Å². The van der Waals surface area contributed by atoms with Crippen LogP contribution in [0.3, 0.4) is 0 Å².